The van der Waals surface area contributed by atoms with Crippen LogP contribution in [0.4, 0.5) is 0 Å². The van der Waals surface area contributed by atoms with Gasteiger partial charge in [0.2, 0.25) is 0 Å². The Bertz CT molecular complexity index is 639. The van der Waals surface area contributed by atoms with E-state index >= 15 is 0 Å². The molecule has 1 fully saturated rings. The topological polar surface area (TPSA) is 47.6 Å². The lowest BCUT2D eigenvalue weighted by molar-refractivity contribution is 0.249. The van der Waals surface area contributed by atoms with E-state index in [4.69, 9.17) is 0 Å². The Balaban J connectivity index is 1.90. The van der Waals surface area contributed by atoms with Gasteiger partial charge in [-0.3, -0.25) is 0 Å². The highest BCUT2D eigenvalue weighted by Gasteiger charge is 2.21. The van der Waals surface area contributed by atoms with Crippen LogP contribution in [0.25, 0.3) is 0 Å². The summed E-state index contributed by atoms with van der Waals surface area (Å²) in [6.07, 6.45) is 15.0. The molecule has 26 heavy (non-hydrogen) atoms. The average Bonchev–Trinajstić information content (AvgIpc) is 2.67. The first-order valence-corrected chi connectivity index (χ1v) is 10.7. The fraction of sp³-hybridized carbons (Fsp3) is 0.667. The molecule has 0 bridgehead atoms. The van der Waals surface area contributed by atoms with Crippen LogP contribution < -0.4 is 0 Å². The SMILES string of the molecule is CCCCCC1CCC(CCc2ccc(CCC)c(C#N)c2C#N)CC1. The third-order valence-electron chi connectivity index (χ3n) is 6.13. The fourth-order valence-electron chi connectivity index (χ4n) is 4.48. The summed E-state index contributed by atoms with van der Waals surface area (Å²) in [6, 6.07) is 8.77. The maximum atomic E-state index is 9.60. The number of hydrogen-bond acceptors (Lipinski definition) is 2. The second kappa shape index (κ2) is 11.0. The van der Waals surface area contributed by atoms with Crippen LogP contribution >= 0.6 is 0 Å². The number of benzene rings is 1. The van der Waals surface area contributed by atoms with E-state index in [0.29, 0.717) is 11.1 Å². The van der Waals surface area contributed by atoms with Crippen LogP contribution in [-0.4, -0.2) is 0 Å². The van der Waals surface area contributed by atoms with Gasteiger partial charge in [0, 0.05) is 0 Å². The minimum absolute atomic E-state index is 0.617. The summed E-state index contributed by atoms with van der Waals surface area (Å²) < 4.78 is 0. The Morgan fingerprint density at radius 3 is 1.81 bits per heavy atom. The maximum absolute atomic E-state index is 9.60. The van der Waals surface area contributed by atoms with Gasteiger partial charge < -0.3 is 0 Å². The van der Waals surface area contributed by atoms with Crippen molar-refractivity contribution in [1.82, 2.24) is 0 Å². The first-order chi connectivity index (χ1) is 12.7. The molecule has 2 heteroatoms. The molecule has 0 amide bonds. The summed E-state index contributed by atoms with van der Waals surface area (Å²) in [5.74, 6) is 1.75. The van der Waals surface area contributed by atoms with Gasteiger partial charge in [-0.15, -0.1) is 0 Å². The number of unbranched alkanes of at least 4 members (excludes halogenated alkanes) is 2. The van der Waals surface area contributed by atoms with Crippen molar-refractivity contribution in [2.45, 2.75) is 90.9 Å². The molecule has 0 spiro atoms. The largest absolute Gasteiger partial charge is 0.192 e. The molecule has 0 aliphatic heterocycles. The molecule has 2 nitrogen and oxygen atoms in total. The molecule has 2 rings (SSSR count). The van der Waals surface area contributed by atoms with Gasteiger partial charge in [0.05, 0.1) is 11.1 Å². The molecular formula is C24H34N2. The van der Waals surface area contributed by atoms with Crippen LogP contribution in [0.5, 0.6) is 0 Å². The normalized spacial score (nSPS) is 19.7. The minimum Gasteiger partial charge on any atom is -0.192 e. The predicted molar refractivity (Wildman–Crippen MR) is 108 cm³/mol. The van der Waals surface area contributed by atoms with E-state index in [-0.39, 0.29) is 0 Å². The molecule has 0 atom stereocenters. The van der Waals surface area contributed by atoms with Gasteiger partial charge in [0.15, 0.2) is 0 Å². The zero-order valence-corrected chi connectivity index (χ0v) is 16.7. The molecule has 1 aliphatic rings. The average molecular weight is 351 g/mol. The first-order valence-electron chi connectivity index (χ1n) is 10.7. The summed E-state index contributed by atoms with van der Waals surface area (Å²) in [7, 11) is 0. The Morgan fingerprint density at radius 1 is 0.769 bits per heavy atom. The van der Waals surface area contributed by atoms with Gasteiger partial charge in [0.1, 0.15) is 12.1 Å². The van der Waals surface area contributed by atoms with Crippen LogP contribution in [0.3, 0.4) is 0 Å². The zero-order chi connectivity index (χ0) is 18.8. The van der Waals surface area contributed by atoms with Crippen molar-refractivity contribution in [3.63, 3.8) is 0 Å². The molecular weight excluding hydrogens is 316 g/mol. The lowest BCUT2D eigenvalue weighted by atomic mass is 9.77. The standard InChI is InChI=1S/C24H34N2/c1-3-5-6-8-19-9-11-20(12-10-19)13-14-22-16-15-21(7-4-2)23(17-25)24(22)18-26/h15-16,19-20H,3-14H2,1-2H3. The van der Waals surface area contributed by atoms with Crippen LogP contribution in [0.1, 0.15) is 100 Å². The maximum Gasteiger partial charge on any atom is 0.101 e. The number of rotatable bonds is 9. The lowest BCUT2D eigenvalue weighted by Crippen LogP contribution is -2.15. The number of nitrogens with zero attached hydrogens (tertiary/aromatic N) is 2. The molecule has 0 N–H and O–H groups in total. The van der Waals surface area contributed by atoms with Crippen LogP contribution in [0.2, 0.25) is 0 Å². The third-order valence-corrected chi connectivity index (χ3v) is 6.13. The van der Waals surface area contributed by atoms with Crippen molar-refractivity contribution >= 4 is 0 Å². The Labute approximate surface area is 160 Å². The van der Waals surface area contributed by atoms with Crippen LogP contribution in [0.15, 0.2) is 12.1 Å². The van der Waals surface area contributed by atoms with Crippen molar-refractivity contribution in [2.24, 2.45) is 11.8 Å². The number of aryl methyl sites for hydroxylation is 2. The highest BCUT2D eigenvalue weighted by molar-refractivity contribution is 5.54. The van der Waals surface area contributed by atoms with Gasteiger partial charge in [-0.2, -0.15) is 10.5 Å². The van der Waals surface area contributed by atoms with Crippen LogP contribution in [0, 0.1) is 34.5 Å². The van der Waals surface area contributed by atoms with E-state index in [0.717, 1.165) is 48.6 Å². The van der Waals surface area contributed by atoms with Crippen molar-refractivity contribution in [3.05, 3.63) is 34.4 Å². The quantitative estimate of drug-likeness (QED) is 0.465. The van der Waals surface area contributed by atoms with Crippen molar-refractivity contribution < 1.29 is 0 Å². The highest BCUT2D eigenvalue weighted by atomic mass is 14.3. The van der Waals surface area contributed by atoms with Gasteiger partial charge in [0.25, 0.3) is 0 Å². The molecule has 0 heterocycles. The molecule has 0 unspecified atom stereocenters. The highest BCUT2D eigenvalue weighted by Crippen LogP contribution is 2.34. The summed E-state index contributed by atoms with van der Waals surface area (Å²) in [4.78, 5) is 0. The molecule has 0 saturated heterocycles. The van der Waals surface area contributed by atoms with E-state index in [1.165, 1.54) is 51.4 Å². The van der Waals surface area contributed by atoms with E-state index in [1.54, 1.807) is 0 Å². The van der Waals surface area contributed by atoms with E-state index in [2.05, 4.69) is 38.1 Å². The summed E-state index contributed by atoms with van der Waals surface area (Å²) in [5, 5.41) is 19.1. The second-order valence-corrected chi connectivity index (χ2v) is 8.03. The molecule has 1 aliphatic carbocycles. The third kappa shape index (κ3) is 5.60. The Morgan fingerprint density at radius 2 is 1.31 bits per heavy atom. The van der Waals surface area contributed by atoms with E-state index in [9.17, 15) is 10.5 Å². The zero-order valence-electron chi connectivity index (χ0n) is 16.7. The molecule has 140 valence electrons. The molecule has 0 radical (unpaired) electrons. The van der Waals surface area contributed by atoms with Crippen molar-refractivity contribution in [1.29, 1.82) is 10.5 Å². The smallest absolute Gasteiger partial charge is 0.101 e. The van der Waals surface area contributed by atoms with Crippen molar-refractivity contribution in [3.8, 4) is 12.1 Å². The predicted octanol–water partition coefficient (Wildman–Crippen LogP) is 6.70. The first kappa shape index (κ1) is 20.5. The second-order valence-electron chi connectivity index (χ2n) is 8.03. The summed E-state index contributed by atoms with van der Waals surface area (Å²) >= 11 is 0. The Hall–Kier alpha value is -1.80. The minimum atomic E-state index is 0.617. The number of nitriles is 2. The Kier molecular flexibility index (Phi) is 8.70. The molecule has 1 saturated carbocycles. The molecule has 1 aromatic rings. The van der Waals surface area contributed by atoms with Crippen molar-refractivity contribution in [2.75, 3.05) is 0 Å². The van der Waals surface area contributed by atoms with Gasteiger partial charge in [-0.1, -0.05) is 83.8 Å². The van der Waals surface area contributed by atoms with Gasteiger partial charge in [-0.05, 0) is 42.2 Å². The van der Waals surface area contributed by atoms with Crippen LogP contribution in [-0.2, 0) is 12.8 Å². The molecule has 0 aromatic heterocycles. The van der Waals surface area contributed by atoms with Gasteiger partial charge in [-0.25, -0.2) is 0 Å². The lowest BCUT2D eigenvalue weighted by Gasteiger charge is -2.28. The van der Waals surface area contributed by atoms with E-state index < -0.39 is 0 Å². The summed E-state index contributed by atoms with van der Waals surface area (Å²) in [6.45, 7) is 4.39. The fourth-order valence-corrected chi connectivity index (χ4v) is 4.48. The van der Waals surface area contributed by atoms with Gasteiger partial charge >= 0.3 is 0 Å². The summed E-state index contributed by atoms with van der Waals surface area (Å²) in [5.41, 5.74) is 3.36. The monoisotopic (exact) mass is 350 g/mol. The molecule has 1 aromatic carbocycles. The number of hydrogen-bond donors (Lipinski definition) is 0. The van der Waals surface area contributed by atoms with E-state index in [1.807, 2.05) is 0 Å².